The molecule has 1 amide bonds. The maximum Gasteiger partial charge on any atom is 0.266 e. The minimum atomic E-state index is -0.390. The number of nitriles is 1. The van der Waals surface area contributed by atoms with E-state index < -0.39 is 0 Å². The van der Waals surface area contributed by atoms with E-state index in [2.05, 4.69) is 19.2 Å². The van der Waals surface area contributed by atoms with Crippen molar-refractivity contribution in [1.29, 1.82) is 5.26 Å². The predicted molar refractivity (Wildman–Crippen MR) is 98.7 cm³/mol. The van der Waals surface area contributed by atoms with Gasteiger partial charge in [-0.2, -0.15) is 5.26 Å². The first-order valence-electron chi connectivity index (χ1n) is 8.01. The molecule has 0 bridgehead atoms. The summed E-state index contributed by atoms with van der Waals surface area (Å²) in [5.74, 6) is 0.0604. The second-order valence-electron chi connectivity index (χ2n) is 6.26. The van der Waals surface area contributed by atoms with Crippen molar-refractivity contribution < 1.29 is 4.79 Å². The van der Waals surface area contributed by atoms with Gasteiger partial charge in [0.15, 0.2) is 0 Å². The summed E-state index contributed by atoms with van der Waals surface area (Å²) in [5, 5.41) is 12.1. The molecule has 0 aromatic heterocycles. The van der Waals surface area contributed by atoms with Crippen molar-refractivity contribution in [2.75, 3.05) is 5.32 Å². The van der Waals surface area contributed by atoms with Gasteiger partial charge in [0, 0.05) is 5.69 Å². The fraction of sp³-hybridized carbons (Fsp3) is 0.238. The summed E-state index contributed by atoms with van der Waals surface area (Å²) in [6.07, 6.45) is 1.62. The number of nitrogens with zero attached hydrogens (tertiary/aromatic N) is 1. The highest BCUT2D eigenvalue weighted by atomic mass is 16.1. The van der Waals surface area contributed by atoms with E-state index in [4.69, 9.17) is 0 Å². The Labute approximate surface area is 143 Å². The fourth-order valence-electron chi connectivity index (χ4n) is 2.35. The Kier molecular flexibility index (Phi) is 5.55. The molecule has 3 heteroatoms. The smallest absolute Gasteiger partial charge is 0.266 e. The Morgan fingerprint density at radius 2 is 1.79 bits per heavy atom. The molecule has 2 aromatic carbocycles. The van der Waals surface area contributed by atoms with E-state index in [1.54, 1.807) is 6.08 Å². The third-order valence-corrected chi connectivity index (χ3v) is 3.92. The van der Waals surface area contributed by atoms with Gasteiger partial charge >= 0.3 is 0 Å². The third-order valence-electron chi connectivity index (χ3n) is 3.92. The largest absolute Gasteiger partial charge is 0.321 e. The zero-order valence-electron chi connectivity index (χ0n) is 14.6. The van der Waals surface area contributed by atoms with Crippen molar-refractivity contribution in [3.8, 4) is 6.07 Å². The van der Waals surface area contributed by atoms with E-state index in [9.17, 15) is 10.1 Å². The first kappa shape index (κ1) is 17.5. The van der Waals surface area contributed by atoms with Crippen LogP contribution >= 0.6 is 0 Å². The van der Waals surface area contributed by atoms with Gasteiger partial charge in [0.25, 0.3) is 5.91 Å². The number of amides is 1. The molecule has 2 rings (SSSR count). The lowest BCUT2D eigenvalue weighted by Crippen LogP contribution is -2.14. The van der Waals surface area contributed by atoms with Crippen molar-refractivity contribution in [1.82, 2.24) is 0 Å². The van der Waals surface area contributed by atoms with Gasteiger partial charge in [-0.05, 0) is 54.2 Å². The van der Waals surface area contributed by atoms with Gasteiger partial charge in [-0.1, -0.05) is 50.2 Å². The topological polar surface area (TPSA) is 52.9 Å². The molecule has 0 atom stereocenters. The molecule has 2 aromatic rings. The van der Waals surface area contributed by atoms with Gasteiger partial charge in [-0.25, -0.2) is 0 Å². The Morgan fingerprint density at radius 3 is 2.38 bits per heavy atom. The SMILES string of the molecule is Cc1ccc(C)c(NC(=O)/C(C#N)=C\c2ccc(C(C)C)cc2)c1. The first-order chi connectivity index (χ1) is 11.4. The summed E-state index contributed by atoms with van der Waals surface area (Å²) in [7, 11) is 0. The van der Waals surface area contributed by atoms with Crippen LogP contribution in [0.2, 0.25) is 0 Å². The number of anilines is 1. The van der Waals surface area contributed by atoms with Crippen LogP contribution in [0.5, 0.6) is 0 Å². The zero-order chi connectivity index (χ0) is 17.7. The van der Waals surface area contributed by atoms with Crippen molar-refractivity contribution >= 4 is 17.7 Å². The number of rotatable bonds is 4. The summed E-state index contributed by atoms with van der Waals surface area (Å²) < 4.78 is 0. The lowest BCUT2D eigenvalue weighted by molar-refractivity contribution is -0.112. The molecule has 122 valence electrons. The van der Waals surface area contributed by atoms with Crippen LogP contribution in [0.4, 0.5) is 5.69 Å². The monoisotopic (exact) mass is 318 g/mol. The lowest BCUT2D eigenvalue weighted by Gasteiger charge is -2.09. The Hall–Kier alpha value is -2.86. The van der Waals surface area contributed by atoms with Crippen LogP contribution < -0.4 is 5.32 Å². The number of hydrogen-bond acceptors (Lipinski definition) is 2. The minimum Gasteiger partial charge on any atom is -0.321 e. The van der Waals surface area contributed by atoms with Crippen LogP contribution in [0.15, 0.2) is 48.0 Å². The molecule has 0 aliphatic heterocycles. The first-order valence-corrected chi connectivity index (χ1v) is 8.01. The standard InChI is InChI=1S/C21H22N2O/c1-14(2)18-9-7-17(8-10-18)12-19(13-22)21(24)23-20-11-15(3)5-6-16(20)4/h5-12,14H,1-4H3,(H,23,24)/b19-12-. The molecule has 0 saturated heterocycles. The highest BCUT2D eigenvalue weighted by Crippen LogP contribution is 2.19. The van der Waals surface area contributed by atoms with Gasteiger partial charge in [0.2, 0.25) is 0 Å². The highest BCUT2D eigenvalue weighted by Gasteiger charge is 2.11. The summed E-state index contributed by atoms with van der Waals surface area (Å²) >= 11 is 0. The van der Waals surface area contributed by atoms with Crippen molar-refractivity contribution in [2.24, 2.45) is 0 Å². The van der Waals surface area contributed by atoms with Crippen molar-refractivity contribution in [2.45, 2.75) is 33.6 Å². The number of carbonyl (C=O) groups excluding carboxylic acids is 1. The van der Waals surface area contributed by atoms with Crippen LogP contribution in [0, 0.1) is 25.2 Å². The second kappa shape index (κ2) is 7.61. The highest BCUT2D eigenvalue weighted by molar-refractivity contribution is 6.10. The average Bonchev–Trinajstić information content (AvgIpc) is 2.56. The number of nitrogens with one attached hydrogen (secondary N) is 1. The molecule has 3 nitrogen and oxygen atoms in total. The second-order valence-corrected chi connectivity index (χ2v) is 6.26. The molecule has 0 aliphatic rings. The van der Waals surface area contributed by atoms with Crippen LogP contribution in [0.1, 0.15) is 42.0 Å². The van der Waals surface area contributed by atoms with Gasteiger partial charge < -0.3 is 5.32 Å². The Bertz CT molecular complexity index is 809. The molecular formula is C21H22N2O. The summed E-state index contributed by atoms with van der Waals surface area (Å²) in [4.78, 5) is 12.4. The molecule has 24 heavy (non-hydrogen) atoms. The zero-order valence-corrected chi connectivity index (χ0v) is 14.6. The van der Waals surface area contributed by atoms with Crippen molar-refractivity contribution in [3.05, 3.63) is 70.3 Å². The number of carbonyl (C=O) groups is 1. The summed E-state index contributed by atoms with van der Waals surface area (Å²) in [6, 6.07) is 15.7. The number of hydrogen-bond donors (Lipinski definition) is 1. The van der Waals surface area contributed by atoms with Crippen LogP contribution in [0.25, 0.3) is 6.08 Å². The molecule has 0 spiro atoms. The minimum absolute atomic E-state index is 0.0909. The third kappa shape index (κ3) is 4.33. The molecule has 0 fully saturated rings. The van der Waals surface area contributed by atoms with E-state index >= 15 is 0 Å². The fourth-order valence-corrected chi connectivity index (χ4v) is 2.35. The molecule has 0 radical (unpaired) electrons. The Morgan fingerprint density at radius 1 is 1.12 bits per heavy atom. The lowest BCUT2D eigenvalue weighted by atomic mass is 10.0. The maximum atomic E-state index is 12.4. The van der Waals surface area contributed by atoms with Crippen LogP contribution in [-0.4, -0.2) is 5.91 Å². The Balaban J connectivity index is 2.22. The van der Waals surface area contributed by atoms with E-state index in [0.29, 0.717) is 5.92 Å². The molecular weight excluding hydrogens is 296 g/mol. The van der Waals surface area contributed by atoms with Crippen molar-refractivity contribution in [3.63, 3.8) is 0 Å². The van der Waals surface area contributed by atoms with Gasteiger partial charge in [0.05, 0.1) is 0 Å². The predicted octanol–water partition coefficient (Wildman–Crippen LogP) is 4.97. The van der Waals surface area contributed by atoms with E-state index in [-0.39, 0.29) is 11.5 Å². The van der Waals surface area contributed by atoms with E-state index in [0.717, 1.165) is 22.4 Å². The van der Waals surface area contributed by atoms with E-state index in [1.165, 1.54) is 5.56 Å². The quantitative estimate of drug-likeness (QED) is 0.639. The average molecular weight is 318 g/mol. The number of aryl methyl sites for hydroxylation is 2. The molecule has 0 aliphatic carbocycles. The van der Waals surface area contributed by atoms with Gasteiger partial charge in [0.1, 0.15) is 11.6 Å². The van der Waals surface area contributed by atoms with E-state index in [1.807, 2.05) is 62.4 Å². The van der Waals surface area contributed by atoms with Crippen LogP contribution in [0.3, 0.4) is 0 Å². The summed E-state index contributed by atoms with van der Waals surface area (Å²) in [5.41, 5.74) is 4.91. The van der Waals surface area contributed by atoms with Crippen LogP contribution in [-0.2, 0) is 4.79 Å². The molecule has 0 saturated carbocycles. The number of benzene rings is 2. The van der Waals surface area contributed by atoms with Gasteiger partial charge in [-0.15, -0.1) is 0 Å². The maximum absolute atomic E-state index is 12.4. The van der Waals surface area contributed by atoms with Gasteiger partial charge in [-0.3, -0.25) is 4.79 Å². The normalized spacial score (nSPS) is 11.2. The molecule has 1 N–H and O–H groups in total. The molecule has 0 heterocycles. The summed E-state index contributed by atoms with van der Waals surface area (Å²) in [6.45, 7) is 8.15. The molecule has 0 unspecified atom stereocenters.